The first kappa shape index (κ1) is 33.3. The van der Waals surface area contributed by atoms with Crippen LogP contribution in [0.2, 0.25) is 10.0 Å². The summed E-state index contributed by atoms with van der Waals surface area (Å²) in [6.07, 6.45) is 3.09. The Bertz CT molecular complexity index is 1650. The van der Waals surface area contributed by atoms with Gasteiger partial charge < -0.3 is 20.6 Å². The van der Waals surface area contributed by atoms with Gasteiger partial charge >= 0.3 is 0 Å². The lowest BCUT2D eigenvalue weighted by Gasteiger charge is -2.12. The van der Waals surface area contributed by atoms with E-state index in [-0.39, 0.29) is 34.4 Å². The SMILES string of the molecule is CCCc1cc(=O)[nH]c(SCC(=O)Nc2ccc(-c3ccc(NC(=O)CSc4nc(CCC)cc(=O)[nH]4)c(Cl)c3)cc2Cl)n1. The molecule has 0 atom stereocenters. The summed E-state index contributed by atoms with van der Waals surface area (Å²) in [7, 11) is 0. The zero-order chi connectivity index (χ0) is 31.6. The van der Waals surface area contributed by atoms with E-state index in [2.05, 4.69) is 30.6 Å². The molecule has 0 aliphatic heterocycles. The topological polar surface area (TPSA) is 150 Å². The number of aromatic amines is 2. The van der Waals surface area contributed by atoms with E-state index in [0.29, 0.717) is 56.0 Å². The molecular weight excluding hydrogens is 643 g/mol. The molecule has 0 radical (unpaired) electrons. The maximum Gasteiger partial charge on any atom is 0.251 e. The zero-order valence-electron chi connectivity index (χ0n) is 24.0. The number of aromatic nitrogens is 4. The molecule has 0 fully saturated rings. The predicted molar refractivity (Wildman–Crippen MR) is 178 cm³/mol. The molecule has 10 nitrogen and oxygen atoms in total. The van der Waals surface area contributed by atoms with Crippen molar-refractivity contribution in [2.45, 2.75) is 49.8 Å². The molecule has 0 aliphatic rings. The molecule has 4 aromatic rings. The molecule has 2 aromatic heterocycles. The van der Waals surface area contributed by atoms with Crippen LogP contribution in [0.5, 0.6) is 0 Å². The van der Waals surface area contributed by atoms with Crippen LogP contribution in [0.4, 0.5) is 11.4 Å². The van der Waals surface area contributed by atoms with Gasteiger partial charge in [-0.1, -0.05) is 85.5 Å². The summed E-state index contributed by atoms with van der Waals surface area (Å²) in [5.74, 6) is -0.523. The molecule has 0 saturated carbocycles. The highest BCUT2D eigenvalue weighted by atomic mass is 35.5. The van der Waals surface area contributed by atoms with Gasteiger partial charge in [-0.3, -0.25) is 19.2 Å². The Hall–Kier alpha value is -3.58. The quantitative estimate of drug-likeness (QED) is 0.0969. The van der Waals surface area contributed by atoms with Crippen LogP contribution in [0.15, 0.2) is 68.4 Å². The molecule has 0 unspecified atom stereocenters. The smallest absolute Gasteiger partial charge is 0.251 e. The Balaban J connectivity index is 1.33. The van der Waals surface area contributed by atoms with Gasteiger partial charge in [0, 0.05) is 23.5 Å². The molecule has 0 aliphatic carbocycles. The Morgan fingerprint density at radius 3 is 1.48 bits per heavy atom. The van der Waals surface area contributed by atoms with Gasteiger partial charge in [-0.15, -0.1) is 0 Å². The highest BCUT2D eigenvalue weighted by Gasteiger charge is 2.13. The number of halogens is 2. The van der Waals surface area contributed by atoms with Crippen LogP contribution in [-0.2, 0) is 22.4 Å². The number of rotatable bonds is 13. The maximum absolute atomic E-state index is 12.6. The van der Waals surface area contributed by atoms with Gasteiger partial charge in [0.1, 0.15) is 0 Å². The van der Waals surface area contributed by atoms with E-state index < -0.39 is 0 Å². The van der Waals surface area contributed by atoms with Crippen LogP contribution < -0.4 is 21.8 Å². The minimum absolute atomic E-state index is 0.0393. The van der Waals surface area contributed by atoms with Gasteiger partial charge in [-0.2, -0.15) is 0 Å². The average molecular weight is 674 g/mol. The van der Waals surface area contributed by atoms with Crippen molar-refractivity contribution in [1.29, 1.82) is 0 Å². The van der Waals surface area contributed by atoms with E-state index in [1.807, 2.05) is 13.8 Å². The van der Waals surface area contributed by atoms with Crippen molar-refractivity contribution in [3.8, 4) is 11.1 Å². The van der Waals surface area contributed by atoms with Crippen LogP contribution in [0.25, 0.3) is 11.1 Å². The first-order chi connectivity index (χ1) is 21.1. The van der Waals surface area contributed by atoms with Crippen LogP contribution in [0.3, 0.4) is 0 Å². The molecule has 14 heteroatoms. The summed E-state index contributed by atoms with van der Waals surface area (Å²) in [5.41, 5.74) is 3.26. The summed E-state index contributed by atoms with van der Waals surface area (Å²) in [6.45, 7) is 4.00. The fourth-order valence-electron chi connectivity index (χ4n) is 4.10. The van der Waals surface area contributed by atoms with E-state index >= 15 is 0 Å². The third-order valence-electron chi connectivity index (χ3n) is 6.06. The van der Waals surface area contributed by atoms with Gasteiger partial charge in [0.15, 0.2) is 10.3 Å². The molecule has 2 aromatic carbocycles. The first-order valence-electron chi connectivity index (χ1n) is 13.8. The minimum Gasteiger partial charge on any atom is -0.324 e. The second-order valence-corrected chi connectivity index (χ2v) is 12.4. The van der Waals surface area contributed by atoms with Crippen molar-refractivity contribution in [2.24, 2.45) is 0 Å². The highest BCUT2D eigenvalue weighted by Crippen LogP contribution is 2.33. The van der Waals surface area contributed by atoms with Gasteiger partial charge in [0.25, 0.3) is 11.1 Å². The number of carbonyl (C=O) groups is 2. The number of nitrogens with zero attached hydrogens (tertiary/aromatic N) is 2. The number of hydrogen-bond acceptors (Lipinski definition) is 8. The summed E-state index contributed by atoms with van der Waals surface area (Å²) in [5, 5.41) is 7.00. The molecule has 230 valence electrons. The fraction of sp³-hybridized carbons (Fsp3) is 0.267. The maximum atomic E-state index is 12.6. The molecule has 0 spiro atoms. The van der Waals surface area contributed by atoms with Gasteiger partial charge in [-0.25, -0.2) is 9.97 Å². The highest BCUT2D eigenvalue weighted by molar-refractivity contribution is 8.00. The van der Waals surface area contributed by atoms with Crippen molar-refractivity contribution in [3.63, 3.8) is 0 Å². The standard InChI is InChI=1S/C30H30Cl2N6O4S2/c1-3-5-19-13-25(39)37-29(33-19)43-15-27(41)35-23-9-7-17(11-21(23)31)18-8-10-24(22(32)12-18)36-28(42)16-44-30-34-20(6-4-2)14-26(40)38-30/h7-14H,3-6,15-16H2,1-2H3,(H,35,41)(H,36,42)(H,33,37,39)(H,34,38,40). The van der Waals surface area contributed by atoms with Crippen molar-refractivity contribution < 1.29 is 9.59 Å². The van der Waals surface area contributed by atoms with Gasteiger partial charge in [-0.05, 0) is 48.2 Å². The lowest BCUT2D eigenvalue weighted by Crippen LogP contribution is -2.16. The van der Waals surface area contributed by atoms with Crippen LogP contribution in [-0.4, -0.2) is 43.3 Å². The van der Waals surface area contributed by atoms with Crippen molar-refractivity contribution in [3.05, 3.63) is 90.7 Å². The van der Waals surface area contributed by atoms with Crippen molar-refractivity contribution in [2.75, 3.05) is 22.1 Å². The van der Waals surface area contributed by atoms with Crippen molar-refractivity contribution in [1.82, 2.24) is 19.9 Å². The lowest BCUT2D eigenvalue weighted by atomic mass is 10.0. The summed E-state index contributed by atoms with van der Waals surface area (Å²) in [4.78, 5) is 62.9. The number of hydrogen-bond donors (Lipinski definition) is 4. The third kappa shape index (κ3) is 9.71. The molecule has 0 bridgehead atoms. The number of anilines is 2. The molecule has 4 rings (SSSR count). The third-order valence-corrected chi connectivity index (χ3v) is 8.43. The van der Waals surface area contributed by atoms with Gasteiger partial charge in [0.2, 0.25) is 11.8 Å². The monoisotopic (exact) mass is 672 g/mol. The molecule has 2 amide bonds. The average Bonchev–Trinajstić information content (AvgIpc) is 2.97. The number of nitrogens with one attached hydrogen (secondary N) is 4. The normalized spacial score (nSPS) is 10.9. The Labute approximate surface area is 272 Å². The lowest BCUT2D eigenvalue weighted by molar-refractivity contribution is -0.114. The van der Waals surface area contributed by atoms with E-state index in [1.54, 1.807) is 36.4 Å². The van der Waals surface area contributed by atoms with Crippen molar-refractivity contribution >= 4 is 69.9 Å². The second kappa shape index (κ2) is 15.9. The summed E-state index contributed by atoms with van der Waals surface area (Å²) < 4.78 is 0. The van der Waals surface area contributed by atoms with E-state index in [4.69, 9.17) is 23.2 Å². The minimum atomic E-state index is -0.301. The number of amides is 2. The first-order valence-corrected chi connectivity index (χ1v) is 16.5. The van der Waals surface area contributed by atoms with E-state index in [9.17, 15) is 19.2 Å². The second-order valence-electron chi connectivity index (χ2n) is 9.65. The molecule has 2 heterocycles. The Morgan fingerprint density at radius 1 is 0.705 bits per heavy atom. The number of aryl methyl sites for hydroxylation is 2. The van der Waals surface area contributed by atoms with E-state index in [0.717, 1.165) is 47.5 Å². The summed E-state index contributed by atoms with van der Waals surface area (Å²) in [6, 6.07) is 13.3. The fourth-order valence-corrected chi connectivity index (χ4v) is 5.95. The largest absolute Gasteiger partial charge is 0.324 e. The molecule has 4 N–H and O–H groups in total. The van der Waals surface area contributed by atoms with Crippen LogP contribution in [0, 0.1) is 0 Å². The van der Waals surface area contributed by atoms with Crippen LogP contribution >= 0.6 is 46.7 Å². The number of carbonyl (C=O) groups excluding carboxylic acids is 2. The molecule has 0 saturated heterocycles. The molecular formula is C30H30Cl2N6O4S2. The Morgan fingerprint density at radius 2 is 1.11 bits per heavy atom. The molecule has 44 heavy (non-hydrogen) atoms. The van der Waals surface area contributed by atoms with Gasteiger partial charge in [0.05, 0.1) is 32.9 Å². The Kier molecular flexibility index (Phi) is 12.1. The number of thioether (sulfide) groups is 2. The predicted octanol–water partition coefficient (Wildman–Crippen LogP) is 6.19. The number of benzene rings is 2. The van der Waals surface area contributed by atoms with Crippen LogP contribution in [0.1, 0.15) is 38.1 Å². The zero-order valence-corrected chi connectivity index (χ0v) is 27.1. The number of H-pyrrole nitrogens is 2. The summed E-state index contributed by atoms with van der Waals surface area (Å²) >= 11 is 15.2. The van der Waals surface area contributed by atoms with E-state index in [1.165, 1.54) is 12.1 Å².